The van der Waals surface area contributed by atoms with Crippen LogP contribution in [0.25, 0.3) is 10.2 Å². The molecule has 0 unspecified atom stereocenters. The summed E-state index contributed by atoms with van der Waals surface area (Å²) in [6, 6.07) is 5.91. The lowest BCUT2D eigenvalue weighted by atomic mass is 9.92. The number of pyridine rings is 1. The molecular formula is C11H13ClN2S. The third-order valence-corrected chi connectivity index (χ3v) is 4.18. The van der Waals surface area contributed by atoms with Crippen molar-refractivity contribution < 1.29 is 0 Å². The van der Waals surface area contributed by atoms with Crippen LogP contribution >= 0.6 is 22.9 Å². The van der Waals surface area contributed by atoms with E-state index in [2.05, 4.69) is 24.9 Å². The Kier molecular flexibility index (Phi) is 2.71. The lowest BCUT2D eigenvalue weighted by Gasteiger charge is -2.19. The van der Waals surface area contributed by atoms with Crippen molar-refractivity contribution in [2.45, 2.75) is 19.3 Å². The maximum atomic E-state index is 5.84. The molecule has 0 fully saturated rings. The van der Waals surface area contributed by atoms with E-state index < -0.39 is 0 Å². The van der Waals surface area contributed by atoms with Gasteiger partial charge >= 0.3 is 0 Å². The molecule has 4 heteroatoms. The first-order chi connectivity index (χ1) is 7.03. The summed E-state index contributed by atoms with van der Waals surface area (Å²) in [5.74, 6) is 0. The standard InChI is InChI=1S/C11H13ClN2S/c1-11(2,6-13)9-5-7-8(15-9)3-4-10(12)14-7/h3-5H,6,13H2,1-2H3. The van der Waals surface area contributed by atoms with Gasteiger partial charge in [0.25, 0.3) is 0 Å². The van der Waals surface area contributed by atoms with Gasteiger partial charge < -0.3 is 5.73 Å². The van der Waals surface area contributed by atoms with Gasteiger partial charge in [-0.25, -0.2) is 4.98 Å². The van der Waals surface area contributed by atoms with Gasteiger partial charge in [-0.15, -0.1) is 11.3 Å². The Bertz CT molecular complexity index is 490. The maximum Gasteiger partial charge on any atom is 0.129 e. The van der Waals surface area contributed by atoms with Crippen LogP contribution in [0.2, 0.25) is 5.15 Å². The number of hydrogen-bond acceptors (Lipinski definition) is 3. The minimum atomic E-state index is 0.0117. The van der Waals surface area contributed by atoms with Gasteiger partial charge in [0.15, 0.2) is 0 Å². The summed E-state index contributed by atoms with van der Waals surface area (Å²) in [6.07, 6.45) is 0. The second-order valence-corrected chi connectivity index (χ2v) is 5.69. The van der Waals surface area contributed by atoms with Crippen molar-refractivity contribution in [3.05, 3.63) is 28.2 Å². The molecule has 2 rings (SSSR count). The maximum absolute atomic E-state index is 5.84. The highest BCUT2D eigenvalue weighted by molar-refractivity contribution is 7.19. The largest absolute Gasteiger partial charge is 0.330 e. The van der Waals surface area contributed by atoms with Crippen molar-refractivity contribution in [2.75, 3.05) is 6.54 Å². The van der Waals surface area contributed by atoms with Crippen LogP contribution in [0.3, 0.4) is 0 Å². The zero-order valence-electron chi connectivity index (χ0n) is 8.75. The Balaban J connectivity index is 2.56. The van der Waals surface area contributed by atoms with Crippen LogP contribution in [0.4, 0.5) is 0 Å². The first kappa shape index (κ1) is 10.9. The normalized spacial score (nSPS) is 12.3. The molecule has 80 valence electrons. The van der Waals surface area contributed by atoms with E-state index in [0.29, 0.717) is 11.7 Å². The van der Waals surface area contributed by atoms with E-state index in [-0.39, 0.29) is 5.41 Å². The van der Waals surface area contributed by atoms with E-state index in [9.17, 15) is 0 Å². The molecule has 0 aliphatic rings. The molecule has 0 atom stereocenters. The van der Waals surface area contributed by atoms with Crippen molar-refractivity contribution in [1.29, 1.82) is 0 Å². The molecule has 0 spiro atoms. The smallest absolute Gasteiger partial charge is 0.129 e. The van der Waals surface area contributed by atoms with E-state index in [0.717, 1.165) is 10.2 Å². The summed E-state index contributed by atoms with van der Waals surface area (Å²) in [7, 11) is 0. The molecule has 2 N–H and O–H groups in total. The van der Waals surface area contributed by atoms with Crippen molar-refractivity contribution in [3.63, 3.8) is 0 Å². The van der Waals surface area contributed by atoms with Crippen LogP contribution in [0.15, 0.2) is 18.2 Å². The van der Waals surface area contributed by atoms with E-state index in [1.54, 1.807) is 11.3 Å². The molecule has 0 aromatic carbocycles. The first-order valence-corrected chi connectivity index (χ1v) is 5.99. The van der Waals surface area contributed by atoms with Crippen molar-refractivity contribution in [2.24, 2.45) is 5.73 Å². The average molecular weight is 241 g/mol. The van der Waals surface area contributed by atoms with E-state index in [1.807, 2.05) is 12.1 Å². The number of thiophene rings is 1. The van der Waals surface area contributed by atoms with Gasteiger partial charge in [-0.3, -0.25) is 0 Å². The zero-order valence-corrected chi connectivity index (χ0v) is 10.3. The Morgan fingerprint density at radius 1 is 1.47 bits per heavy atom. The Morgan fingerprint density at radius 3 is 2.87 bits per heavy atom. The van der Waals surface area contributed by atoms with Gasteiger partial charge in [0.05, 0.1) is 10.2 Å². The lowest BCUT2D eigenvalue weighted by molar-refractivity contribution is 0.551. The van der Waals surface area contributed by atoms with Crippen LogP contribution < -0.4 is 5.73 Å². The molecule has 0 amide bonds. The van der Waals surface area contributed by atoms with E-state index in [1.165, 1.54) is 4.88 Å². The lowest BCUT2D eigenvalue weighted by Crippen LogP contribution is -2.26. The number of rotatable bonds is 2. The number of nitrogens with two attached hydrogens (primary N) is 1. The summed E-state index contributed by atoms with van der Waals surface area (Å²) in [5.41, 5.74) is 6.72. The fourth-order valence-electron chi connectivity index (χ4n) is 1.33. The summed E-state index contributed by atoms with van der Waals surface area (Å²) >= 11 is 7.58. The summed E-state index contributed by atoms with van der Waals surface area (Å²) in [5, 5.41) is 0.539. The van der Waals surface area contributed by atoms with E-state index >= 15 is 0 Å². The number of halogens is 1. The van der Waals surface area contributed by atoms with Gasteiger partial charge in [-0.1, -0.05) is 25.4 Å². The van der Waals surface area contributed by atoms with Crippen LogP contribution in [-0.2, 0) is 5.41 Å². The minimum absolute atomic E-state index is 0.0117. The van der Waals surface area contributed by atoms with Gasteiger partial charge in [-0.2, -0.15) is 0 Å². The summed E-state index contributed by atoms with van der Waals surface area (Å²) < 4.78 is 1.16. The minimum Gasteiger partial charge on any atom is -0.330 e. The predicted molar refractivity (Wildman–Crippen MR) is 66.7 cm³/mol. The topological polar surface area (TPSA) is 38.9 Å². The highest BCUT2D eigenvalue weighted by Crippen LogP contribution is 2.33. The Hall–Kier alpha value is -0.640. The Morgan fingerprint density at radius 2 is 2.20 bits per heavy atom. The molecule has 2 nitrogen and oxygen atoms in total. The monoisotopic (exact) mass is 240 g/mol. The highest BCUT2D eigenvalue weighted by atomic mass is 35.5. The second kappa shape index (κ2) is 3.74. The average Bonchev–Trinajstić information content (AvgIpc) is 2.61. The molecule has 15 heavy (non-hydrogen) atoms. The van der Waals surface area contributed by atoms with Crippen molar-refractivity contribution >= 4 is 33.2 Å². The predicted octanol–water partition coefficient (Wildman–Crippen LogP) is 3.19. The molecule has 0 bridgehead atoms. The fourth-order valence-corrected chi connectivity index (χ4v) is 2.60. The number of fused-ring (bicyclic) bond motifs is 1. The second-order valence-electron chi connectivity index (χ2n) is 4.22. The van der Waals surface area contributed by atoms with Crippen molar-refractivity contribution in [1.82, 2.24) is 4.98 Å². The molecule has 2 heterocycles. The number of hydrogen-bond donors (Lipinski definition) is 1. The van der Waals surface area contributed by atoms with Crippen LogP contribution in [0.1, 0.15) is 18.7 Å². The molecule has 2 aromatic heterocycles. The molecule has 0 aliphatic heterocycles. The first-order valence-electron chi connectivity index (χ1n) is 4.79. The molecular weight excluding hydrogens is 228 g/mol. The van der Waals surface area contributed by atoms with Gasteiger partial charge in [0.1, 0.15) is 5.15 Å². The SMILES string of the molecule is CC(C)(CN)c1cc2nc(Cl)ccc2s1. The molecule has 0 saturated carbocycles. The fraction of sp³-hybridized carbons (Fsp3) is 0.364. The molecule has 0 saturated heterocycles. The number of nitrogens with zero attached hydrogens (tertiary/aromatic N) is 1. The Labute approximate surface area is 98.1 Å². The third kappa shape index (κ3) is 2.00. The molecule has 0 radical (unpaired) electrons. The van der Waals surface area contributed by atoms with Gasteiger partial charge in [-0.05, 0) is 18.2 Å². The zero-order chi connectivity index (χ0) is 11.1. The van der Waals surface area contributed by atoms with E-state index in [4.69, 9.17) is 17.3 Å². The van der Waals surface area contributed by atoms with Crippen LogP contribution in [0.5, 0.6) is 0 Å². The van der Waals surface area contributed by atoms with Gasteiger partial charge in [0, 0.05) is 16.8 Å². The summed E-state index contributed by atoms with van der Waals surface area (Å²) in [6.45, 7) is 4.91. The molecule has 2 aromatic rings. The molecule has 0 aliphatic carbocycles. The van der Waals surface area contributed by atoms with Crippen LogP contribution in [0, 0.1) is 0 Å². The number of aromatic nitrogens is 1. The third-order valence-electron chi connectivity index (χ3n) is 2.52. The summed E-state index contributed by atoms with van der Waals surface area (Å²) in [4.78, 5) is 5.54. The van der Waals surface area contributed by atoms with Crippen LogP contribution in [-0.4, -0.2) is 11.5 Å². The quantitative estimate of drug-likeness (QED) is 0.819. The highest BCUT2D eigenvalue weighted by Gasteiger charge is 2.21. The van der Waals surface area contributed by atoms with Gasteiger partial charge in [0.2, 0.25) is 0 Å². The van der Waals surface area contributed by atoms with Crippen molar-refractivity contribution in [3.8, 4) is 0 Å².